The van der Waals surface area contributed by atoms with Crippen LogP contribution in [-0.2, 0) is 10.6 Å². The zero-order chi connectivity index (χ0) is 17.3. The van der Waals surface area contributed by atoms with E-state index in [9.17, 15) is 0 Å². The van der Waals surface area contributed by atoms with Crippen molar-refractivity contribution >= 4 is 10.6 Å². The molecule has 0 aliphatic heterocycles. The van der Waals surface area contributed by atoms with Crippen LogP contribution in [0.15, 0.2) is 36.4 Å². The molecule has 0 fully saturated rings. The van der Waals surface area contributed by atoms with Crippen LogP contribution in [0.25, 0.3) is 0 Å². The first kappa shape index (κ1) is 19.9. The Morgan fingerprint density at radius 3 is 1.41 bits per heavy atom. The molecule has 2 rings (SSSR count). The fraction of sp³-hybridized carbons (Fsp3) is 0.294. The standard InChI is InChI=1S/C9H12.C8H10O.O3S/c1-7-4-5-8(2)9(3)6-7;1-6-3-4-8(9)7(2)5-6;1-4(2)3/h4-6H,1-3H3;3-5,9H,1-2H3;. The van der Waals surface area contributed by atoms with Crippen LogP contribution < -0.4 is 0 Å². The van der Waals surface area contributed by atoms with Crippen LogP contribution in [0, 0.1) is 34.6 Å². The zero-order valence-electron chi connectivity index (χ0n) is 13.5. The Morgan fingerprint density at radius 2 is 1.09 bits per heavy atom. The molecule has 120 valence electrons. The Kier molecular flexibility index (Phi) is 8.79. The van der Waals surface area contributed by atoms with Crippen LogP contribution in [0.2, 0.25) is 0 Å². The van der Waals surface area contributed by atoms with Crippen molar-refractivity contribution in [1.82, 2.24) is 0 Å². The van der Waals surface area contributed by atoms with Crippen molar-refractivity contribution in [3.05, 3.63) is 64.2 Å². The lowest BCUT2D eigenvalue weighted by atomic mass is 10.1. The number of benzene rings is 2. The van der Waals surface area contributed by atoms with Gasteiger partial charge in [-0.25, -0.2) is 0 Å². The third kappa shape index (κ3) is 8.92. The van der Waals surface area contributed by atoms with Gasteiger partial charge in [-0.3, -0.25) is 0 Å². The van der Waals surface area contributed by atoms with E-state index in [1.807, 2.05) is 26.0 Å². The van der Waals surface area contributed by atoms with Crippen molar-refractivity contribution in [2.75, 3.05) is 0 Å². The van der Waals surface area contributed by atoms with Gasteiger partial charge in [0.2, 0.25) is 0 Å². The van der Waals surface area contributed by atoms with Crippen LogP contribution in [0.1, 0.15) is 27.8 Å². The summed E-state index contributed by atoms with van der Waals surface area (Å²) < 4.78 is 25.3. The molecule has 0 aromatic heterocycles. The first-order chi connectivity index (χ1) is 10.1. The highest BCUT2D eigenvalue weighted by atomic mass is 32.2. The summed E-state index contributed by atoms with van der Waals surface area (Å²) in [6.45, 7) is 10.3. The summed E-state index contributed by atoms with van der Waals surface area (Å²) >= 11 is 0. The van der Waals surface area contributed by atoms with E-state index < -0.39 is 10.6 Å². The summed E-state index contributed by atoms with van der Waals surface area (Å²) in [5.74, 6) is 0.376. The number of rotatable bonds is 0. The summed E-state index contributed by atoms with van der Waals surface area (Å²) in [4.78, 5) is 0. The van der Waals surface area contributed by atoms with Crippen LogP contribution in [-0.4, -0.2) is 17.7 Å². The Bertz CT molecular complexity index is 663. The third-order valence-electron chi connectivity index (χ3n) is 3.01. The molecule has 2 aromatic carbocycles. The van der Waals surface area contributed by atoms with Gasteiger partial charge in [0, 0.05) is 0 Å². The maximum Gasteiger partial charge on any atom is 0.425 e. The Morgan fingerprint density at radius 1 is 0.682 bits per heavy atom. The molecule has 0 atom stereocenters. The molecular formula is C17H22O4S. The van der Waals surface area contributed by atoms with Crippen LogP contribution in [0.4, 0.5) is 0 Å². The van der Waals surface area contributed by atoms with Gasteiger partial charge in [0.15, 0.2) is 0 Å². The van der Waals surface area contributed by atoms with E-state index in [1.165, 1.54) is 22.3 Å². The molecule has 2 aromatic rings. The summed E-state index contributed by atoms with van der Waals surface area (Å²) in [6.07, 6.45) is 0. The molecule has 22 heavy (non-hydrogen) atoms. The number of hydrogen-bond acceptors (Lipinski definition) is 4. The van der Waals surface area contributed by atoms with Gasteiger partial charge in [0.25, 0.3) is 0 Å². The molecule has 0 bridgehead atoms. The van der Waals surface area contributed by atoms with Gasteiger partial charge >= 0.3 is 10.6 Å². The molecule has 1 N–H and O–H groups in total. The van der Waals surface area contributed by atoms with E-state index in [1.54, 1.807) is 6.07 Å². The second kappa shape index (κ2) is 9.73. The van der Waals surface area contributed by atoms with Crippen LogP contribution in [0.5, 0.6) is 5.75 Å². The minimum atomic E-state index is -3.11. The predicted octanol–water partition coefficient (Wildman–Crippen LogP) is 3.62. The summed E-state index contributed by atoms with van der Waals surface area (Å²) in [7, 11) is -3.11. The molecule has 0 heterocycles. The van der Waals surface area contributed by atoms with Gasteiger partial charge in [-0.05, 0) is 57.4 Å². The second-order valence-electron chi connectivity index (χ2n) is 5.08. The van der Waals surface area contributed by atoms with Gasteiger partial charge in [-0.15, -0.1) is 12.6 Å². The fourth-order valence-electron chi connectivity index (χ4n) is 1.70. The second-order valence-corrected chi connectivity index (χ2v) is 5.49. The summed E-state index contributed by atoms with van der Waals surface area (Å²) in [6, 6.07) is 12.1. The number of aromatic hydroxyl groups is 1. The van der Waals surface area contributed by atoms with E-state index in [0.29, 0.717) is 5.75 Å². The molecule has 0 aliphatic rings. The lowest BCUT2D eigenvalue weighted by Gasteiger charge is -1.98. The first-order valence-electron chi connectivity index (χ1n) is 6.70. The van der Waals surface area contributed by atoms with Crippen molar-refractivity contribution in [3.63, 3.8) is 0 Å². The molecule has 0 saturated heterocycles. The topological polar surface area (TPSA) is 71.4 Å². The van der Waals surface area contributed by atoms with Gasteiger partial charge in [0.05, 0.1) is 0 Å². The van der Waals surface area contributed by atoms with Crippen LogP contribution >= 0.6 is 0 Å². The highest BCUT2D eigenvalue weighted by Crippen LogP contribution is 2.15. The third-order valence-corrected chi connectivity index (χ3v) is 3.01. The van der Waals surface area contributed by atoms with E-state index >= 15 is 0 Å². The maximum absolute atomic E-state index is 9.04. The van der Waals surface area contributed by atoms with Crippen LogP contribution in [0.3, 0.4) is 0 Å². The van der Waals surface area contributed by atoms with Crippen molar-refractivity contribution < 1.29 is 17.7 Å². The largest absolute Gasteiger partial charge is 0.508 e. The maximum atomic E-state index is 9.04. The van der Waals surface area contributed by atoms with Crippen molar-refractivity contribution in [1.29, 1.82) is 0 Å². The molecule has 0 amide bonds. The average Bonchev–Trinajstić information content (AvgIpc) is 2.39. The lowest BCUT2D eigenvalue weighted by Crippen LogP contribution is -1.79. The monoisotopic (exact) mass is 322 g/mol. The minimum Gasteiger partial charge on any atom is -0.508 e. The van der Waals surface area contributed by atoms with E-state index in [0.717, 1.165) is 5.56 Å². The highest BCUT2D eigenvalue weighted by molar-refractivity contribution is 7.59. The summed E-state index contributed by atoms with van der Waals surface area (Å²) in [5.41, 5.74) is 6.23. The Hall–Kier alpha value is -2.14. The molecule has 0 aliphatic carbocycles. The van der Waals surface area contributed by atoms with Crippen molar-refractivity contribution in [3.8, 4) is 5.75 Å². The molecule has 0 spiro atoms. The van der Waals surface area contributed by atoms with Crippen molar-refractivity contribution in [2.45, 2.75) is 34.6 Å². The normalized spacial score (nSPS) is 8.95. The SMILES string of the molecule is Cc1ccc(C)c(C)c1.Cc1ccc(O)c(C)c1.O=S(=O)=O. The smallest absolute Gasteiger partial charge is 0.425 e. The average molecular weight is 322 g/mol. The highest BCUT2D eigenvalue weighted by Gasteiger charge is 1.91. The number of aryl methyl sites for hydroxylation is 5. The van der Waals surface area contributed by atoms with Gasteiger partial charge in [0.1, 0.15) is 5.75 Å². The first-order valence-corrected chi connectivity index (χ1v) is 7.70. The molecule has 5 heteroatoms. The quantitative estimate of drug-likeness (QED) is 0.804. The summed E-state index contributed by atoms with van der Waals surface area (Å²) in [5, 5.41) is 9.04. The number of phenolic OH excluding ortho intramolecular Hbond substituents is 1. The molecule has 0 radical (unpaired) electrons. The number of phenols is 1. The molecule has 0 unspecified atom stereocenters. The Labute approximate surface area is 133 Å². The predicted molar refractivity (Wildman–Crippen MR) is 87.9 cm³/mol. The van der Waals surface area contributed by atoms with E-state index in [-0.39, 0.29) is 0 Å². The minimum absolute atomic E-state index is 0.376. The van der Waals surface area contributed by atoms with E-state index in [4.69, 9.17) is 17.7 Å². The number of hydrogen-bond donors (Lipinski definition) is 1. The van der Waals surface area contributed by atoms with E-state index in [2.05, 4.69) is 39.0 Å². The lowest BCUT2D eigenvalue weighted by molar-refractivity contribution is 0.471. The molecular weight excluding hydrogens is 300 g/mol. The van der Waals surface area contributed by atoms with Crippen molar-refractivity contribution in [2.24, 2.45) is 0 Å². The molecule has 0 saturated carbocycles. The zero-order valence-corrected chi connectivity index (χ0v) is 14.4. The van der Waals surface area contributed by atoms with Gasteiger partial charge in [-0.1, -0.05) is 41.5 Å². The fourth-order valence-corrected chi connectivity index (χ4v) is 1.70. The van der Waals surface area contributed by atoms with Gasteiger partial charge in [-0.2, -0.15) is 0 Å². The Balaban J connectivity index is 0.000000326. The van der Waals surface area contributed by atoms with Gasteiger partial charge < -0.3 is 5.11 Å². The molecule has 4 nitrogen and oxygen atoms in total.